The highest BCUT2D eigenvalue weighted by Gasteiger charge is 2.24. The van der Waals surface area contributed by atoms with Gasteiger partial charge in [-0.1, -0.05) is 18.2 Å². The summed E-state index contributed by atoms with van der Waals surface area (Å²) in [5.41, 5.74) is -0.199. The van der Waals surface area contributed by atoms with Gasteiger partial charge in [0.1, 0.15) is 5.82 Å². The molecule has 2 aromatic carbocycles. The van der Waals surface area contributed by atoms with E-state index < -0.39 is 34.2 Å². The zero-order chi connectivity index (χ0) is 20.2. The van der Waals surface area contributed by atoms with Crippen molar-refractivity contribution < 1.29 is 27.1 Å². The number of hydrogen-bond acceptors (Lipinski definition) is 5. The zero-order valence-electron chi connectivity index (χ0n) is 15.2. The second kappa shape index (κ2) is 8.41. The average Bonchev–Trinajstić information content (AvgIpc) is 2.65. The van der Waals surface area contributed by atoms with Gasteiger partial charge < -0.3 is 4.74 Å². The fourth-order valence-electron chi connectivity index (χ4n) is 2.21. The second-order valence-electron chi connectivity index (χ2n) is 6.12. The SMILES string of the molecule is CC(C)N(C)S(=O)(=O)c1cccc(C(=O)OCC(=O)c2ccccc2F)c1. The zero-order valence-corrected chi connectivity index (χ0v) is 16.0. The molecule has 0 aliphatic rings. The predicted octanol–water partition coefficient (Wildman–Crippen LogP) is 2.89. The topological polar surface area (TPSA) is 80.8 Å². The van der Waals surface area contributed by atoms with Crippen LogP contribution in [0.3, 0.4) is 0 Å². The lowest BCUT2D eigenvalue weighted by atomic mass is 10.1. The van der Waals surface area contributed by atoms with Gasteiger partial charge in [0.2, 0.25) is 15.8 Å². The molecule has 6 nitrogen and oxygen atoms in total. The molecular weight excluding hydrogens is 373 g/mol. The summed E-state index contributed by atoms with van der Waals surface area (Å²) in [6.07, 6.45) is 0. The monoisotopic (exact) mass is 393 g/mol. The third-order valence-corrected chi connectivity index (χ3v) is 6.01. The Morgan fingerprint density at radius 3 is 2.41 bits per heavy atom. The summed E-state index contributed by atoms with van der Waals surface area (Å²) in [5, 5.41) is 0. The number of Topliss-reactive ketones (excluding diaryl/α,β-unsaturated/α-hetero) is 1. The fourth-order valence-corrected chi connectivity index (χ4v) is 3.62. The maximum atomic E-state index is 13.6. The minimum Gasteiger partial charge on any atom is -0.454 e. The molecule has 2 rings (SSSR count). The van der Waals surface area contributed by atoms with Gasteiger partial charge in [-0.25, -0.2) is 17.6 Å². The Bertz CT molecular complexity index is 956. The molecule has 0 N–H and O–H groups in total. The van der Waals surface area contributed by atoms with Gasteiger partial charge in [-0.3, -0.25) is 4.79 Å². The van der Waals surface area contributed by atoms with Gasteiger partial charge in [0.25, 0.3) is 0 Å². The van der Waals surface area contributed by atoms with E-state index in [4.69, 9.17) is 4.74 Å². The molecule has 0 amide bonds. The number of esters is 1. The normalized spacial score (nSPS) is 11.6. The van der Waals surface area contributed by atoms with Crippen molar-refractivity contribution in [1.29, 1.82) is 0 Å². The number of halogens is 1. The van der Waals surface area contributed by atoms with Crippen LogP contribution in [0.5, 0.6) is 0 Å². The van der Waals surface area contributed by atoms with E-state index in [2.05, 4.69) is 0 Å². The molecule has 0 aliphatic heterocycles. The van der Waals surface area contributed by atoms with Crippen LogP contribution in [-0.2, 0) is 14.8 Å². The number of nitrogens with zero attached hydrogens (tertiary/aromatic N) is 1. The van der Waals surface area contributed by atoms with Gasteiger partial charge in [-0.05, 0) is 44.2 Å². The van der Waals surface area contributed by atoms with E-state index in [1.54, 1.807) is 13.8 Å². The standard InChI is InChI=1S/C19H20FNO5S/c1-13(2)21(3)27(24,25)15-8-6-7-14(11-15)19(23)26-12-18(22)16-9-4-5-10-17(16)20/h4-11,13H,12H2,1-3H3. The van der Waals surface area contributed by atoms with Gasteiger partial charge in [0, 0.05) is 13.1 Å². The summed E-state index contributed by atoms with van der Waals surface area (Å²) in [6, 6.07) is 10.5. The van der Waals surface area contributed by atoms with Crippen LogP contribution in [0.4, 0.5) is 4.39 Å². The van der Waals surface area contributed by atoms with Crippen LogP contribution in [-0.4, -0.2) is 44.2 Å². The summed E-state index contributed by atoms with van der Waals surface area (Å²) in [6.45, 7) is 2.80. The summed E-state index contributed by atoms with van der Waals surface area (Å²) < 4.78 is 44.7. The predicted molar refractivity (Wildman–Crippen MR) is 97.5 cm³/mol. The first-order valence-electron chi connectivity index (χ1n) is 8.17. The second-order valence-corrected chi connectivity index (χ2v) is 8.12. The van der Waals surface area contributed by atoms with Crippen molar-refractivity contribution >= 4 is 21.8 Å². The van der Waals surface area contributed by atoms with Crippen LogP contribution in [0.25, 0.3) is 0 Å². The van der Waals surface area contributed by atoms with E-state index in [0.717, 1.165) is 6.07 Å². The molecule has 0 aromatic heterocycles. The van der Waals surface area contributed by atoms with Crippen molar-refractivity contribution in [3.05, 3.63) is 65.5 Å². The molecule has 27 heavy (non-hydrogen) atoms. The highest BCUT2D eigenvalue weighted by atomic mass is 32.2. The van der Waals surface area contributed by atoms with Gasteiger partial charge in [-0.15, -0.1) is 0 Å². The maximum absolute atomic E-state index is 13.6. The number of hydrogen-bond donors (Lipinski definition) is 0. The molecular formula is C19H20FNO5S. The van der Waals surface area contributed by atoms with E-state index >= 15 is 0 Å². The third-order valence-electron chi connectivity index (χ3n) is 3.98. The Kier molecular flexibility index (Phi) is 6.45. The van der Waals surface area contributed by atoms with Crippen molar-refractivity contribution in [2.24, 2.45) is 0 Å². The Hall–Kier alpha value is -2.58. The number of carbonyl (C=O) groups excluding carboxylic acids is 2. The molecule has 0 bridgehead atoms. The van der Waals surface area contributed by atoms with E-state index in [-0.39, 0.29) is 22.1 Å². The van der Waals surface area contributed by atoms with Gasteiger partial charge in [0.15, 0.2) is 6.61 Å². The Balaban J connectivity index is 2.14. The van der Waals surface area contributed by atoms with Crippen molar-refractivity contribution in [2.75, 3.05) is 13.7 Å². The van der Waals surface area contributed by atoms with Crippen molar-refractivity contribution in [1.82, 2.24) is 4.31 Å². The van der Waals surface area contributed by atoms with Crippen molar-refractivity contribution in [3.8, 4) is 0 Å². The molecule has 0 spiro atoms. The minimum atomic E-state index is -3.77. The first kappa shape index (κ1) is 20.7. The molecule has 8 heteroatoms. The van der Waals surface area contributed by atoms with Gasteiger partial charge in [-0.2, -0.15) is 4.31 Å². The Labute approximate surface area is 157 Å². The first-order valence-corrected chi connectivity index (χ1v) is 9.61. The average molecular weight is 393 g/mol. The fraction of sp³-hybridized carbons (Fsp3) is 0.263. The highest BCUT2D eigenvalue weighted by molar-refractivity contribution is 7.89. The molecule has 0 unspecified atom stereocenters. The summed E-state index contributed by atoms with van der Waals surface area (Å²) in [4.78, 5) is 24.1. The van der Waals surface area contributed by atoms with Gasteiger partial charge in [0.05, 0.1) is 16.0 Å². The largest absolute Gasteiger partial charge is 0.454 e. The molecule has 144 valence electrons. The molecule has 0 saturated heterocycles. The number of carbonyl (C=O) groups is 2. The summed E-state index contributed by atoms with van der Waals surface area (Å²) >= 11 is 0. The molecule has 0 radical (unpaired) electrons. The van der Waals surface area contributed by atoms with Crippen molar-refractivity contribution in [2.45, 2.75) is 24.8 Å². The molecule has 0 atom stereocenters. The Morgan fingerprint density at radius 2 is 1.78 bits per heavy atom. The quantitative estimate of drug-likeness (QED) is 0.534. The van der Waals surface area contributed by atoms with E-state index in [1.165, 1.54) is 53.8 Å². The number of ether oxygens (including phenoxy) is 1. The number of sulfonamides is 1. The number of rotatable bonds is 7. The lowest BCUT2D eigenvalue weighted by molar-refractivity contribution is 0.0473. The van der Waals surface area contributed by atoms with Crippen LogP contribution >= 0.6 is 0 Å². The highest BCUT2D eigenvalue weighted by Crippen LogP contribution is 2.18. The molecule has 0 saturated carbocycles. The Morgan fingerprint density at radius 1 is 1.11 bits per heavy atom. The van der Waals surface area contributed by atoms with E-state index in [0.29, 0.717) is 0 Å². The molecule has 0 aliphatic carbocycles. The van der Waals surface area contributed by atoms with E-state index in [1.807, 2.05) is 0 Å². The maximum Gasteiger partial charge on any atom is 0.338 e. The first-order chi connectivity index (χ1) is 12.6. The summed E-state index contributed by atoms with van der Waals surface area (Å²) in [7, 11) is -2.32. The lowest BCUT2D eigenvalue weighted by Crippen LogP contribution is -2.33. The third kappa shape index (κ3) is 4.78. The van der Waals surface area contributed by atoms with Crippen molar-refractivity contribution in [3.63, 3.8) is 0 Å². The van der Waals surface area contributed by atoms with Crippen LogP contribution in [0.15, 0.2) is 53.4 Å². The summed E-state index contributed by atoms with van der Waals surface area (Å²) in [5.74, 6) is -2.27. The molecule has 0 heterocycles. The van der Waals surface area contributed by atoms with Crippen LogP contribution < -0.4 is 0 Å². The smallest absolute Gasteiger partial charge is 0.338 e. The van der Waals surface area contributed by atoms with Crippen LogP contribution in [0.2, 0.25) is 0 Å². The van der Waals surface area contributed by atoms with Crippen LogP contribution in [0.1, 0.15) is 34.6 Å². The molecule has 0 fully saturated rings. The minimum absolute atomic E-state index is 0.0189. The van der Waals surface area contributed by atoms with E-state index in [9.17, 15) is 22.4 Å². The number of benzene rings is 2. The number of ketones is 1. The van der Waals surface area contributed by atoms with Gasteiger partial charge >= 0.3 is 5.97 Å². The lowest BCUT2D eigenvalue weighted by Gasteiger charge is -2.21. The molecule has 2 aromatic rings. The van der Waals surface area contributed by atoms with Crippen LogP contribution in [0, 0.1) is 5.82 Å².